The van der Waals surface area contributed by atoms with Crippen LogP contribution in [0.5, 0.6) is 0 Å². The van der Waals surface area contributed by atoms with Gasteiger partial charge < -0.3 is 10.4 Å². The van der Waals surface area contributed by atoms with Crippen molar-refractivity contribution in [2.75, 3.05) is 0 Å². The van der Waals surface area contributed by atoms with Gasteiger partial charge in [0.15, 0.2) is 0 Å². The Bertz CT molecular complexity index is 388. The minimum atomic E-state index is -0.245. The summed E-state index contributed by atoms with van der Waals surface area (Å²) < 4.78 is 0. The largest absolute Gasteiger partial charge is 0.393 e. The monoisotopic (exact) mass is 239 g/mol. The summed E-state index contributed by atoms with van der Waals surface area (Å²) >= 11 is 5.96. The van der Waals surface area contributed by atoms with E-state index >= 15 is 0 Å². The zero-order valence-corrected chi connectivity index (χ0v) is 9.57. The van der Waals surface area contributed by atoms with Gasteiger partial charge in [-0.1, -0.05) is 29.8 Å². The predicted octanol–water partition coefficient (Wildman–Crippen LogP) is 1.52. The quantitative estimate of drug-likeness (QED) is 0.840. The van der Waals surface area contributed by atoms with E-state index < -0.39 is 0 Å². The summed E-state index contributed by atoms with van der Waals surface area (Å²) in [6.07, 6.45) is 1.38. The Hall–Kier alpha value is -1.06. The van der Waals surface area contributed by atoms with Gasteiger partial charge in [-0.25, -0.2) is 0 Å². The standard InChI is InChI=1S/C12H14ClNO2/c13-11-4-2-1-3-8(11)5-12(16)14-9-6-10(15)7-9/h1-4,9-10,15H,5-7H2,(H,14,16). The molecule has 16 heavy (non-hydrogen) atoms. The number of carbonyl (C=O) groups is 1. The molecule has 0 radical (unpaired) electrons. The van der Waals surface area contributed by atoms with Crippen molar-refractivity contribution < 1.29 is 9.90 Å². The molecular formula is C12H14ClNO2. The van der Waals surface area contributed by atoms with E-state index in [1.807, 2.05) is 18.2 Å². The van der Waals surface area contributed by atoms with Gasteiger partial charge in [-0.2, -0.15) is 0 Å². The Morgan fingerprint density at radius 1 is 1.44 bits per heavy atom. The number of hydrogen-bond donors (Lipinski definition) is 2. The lowest BCUT2D eigenvalue weighted by Crippen LogP contribution is -2.47. The van der Waals surface area contributed by atoms with Crippen LogP contribution in [-0.4, -0.2) is 23.2 Å². The van der Waals surface area contributed by atoms with E-state index in [0.29, 0.717) is 24.3 Å². The van der Waals surface area contributed by atoms with Crippen LogP contribution in [0, 0.1) is 0 Å². The summed E-state index contributed by atoms with van der Waals surface area (Å²) in [5.74, 6) is -0.0370. The van der Waals surface area contributed by atoms with Crippen molar-refractivity contribution >= 4 is 17.5 Å². The van der Waals surface area contributed by atoms with Crippen molar-refractivity contribution in [3.8, 4) is 0 Å². The maximum Gasteiger partial charge on any atom is 0.224 e. The van der Waals surface area contributed by atoms with Gasteiger partial charge in [-0.15, -0.1) is 0 Å². The Balaban J connectivity index is 1.85. The van der Waals surface area contributed by atoms with Crippen LogP contribution in [0.25, 0.3) is 0 Å². The van der Waals surface area contributed by atoms with Crippen molar-refractivity contribution in [1.82, 2.24) is 5.32 Å². The molecule has 0 heterocycles. The van der Waals surface area contributed by atoms with Crippen molar-refractivity contribution in [2.45, 2.75) is 31.4 Å². The maximum atomic E-state index is 11.6. The first-order valence-corrected chi connectivity index (χ1v) is 5.74. The number of aliphatic hydroxyl groups is 1. The van der Waals surface area contributed by atoms with Gasteiger partial charge in [-0.3, -0.25) is 4.79 Å². The molecule has 1 aliphatic carbocycles. The van der Waals surface area contributed by atoms with E-state index in [2.05, 4.69) is 5.32 Å². The van der Waals surface area contributed by atoms with E-state index in [4.69, 9.17) is 16.7 Å². The van der Waals surface area contributed by atoms with E-state index in [1.165, 1.54) is 0 Å². The van der Waals surface area contributed by atoms with Crippen molar-refractivity contribution in [2.24, 2.45) is 0 Å². The number of halogens is 1. The number of carbonyl (C=O) groups excluding carboxylic acids is 1. The van der Waals surface area contributed by atoms with Crippen LogP contribution in [-0.2, 0) is 11.2 Å². The minimum absolute atomic E-state index is 0.0370. The average molecular weight is 240 g/mol. The zero-order chi connectivity index (χ0) is 11.5. The van der Waals surface area contributed by atoms with E-state index in [-0.39, 0.29) is 18.1 Å². The smallest absolute Gasteiger partial charge is 0.224 e. The van der Waals surface area contributed by atoms with Crippen molar-refractivity contribution in [3.05, 3.63) is 34.9 Å². The van der Waals surface area contributed by atoms with E-state index in [9.17, 15) is 4.79 Å². The van der Waals surface area contributed by atoms with Crippen LogP contribution in [0.1, 0.15) is 18.4 Å². The van der Waals surface area contributed by atoms with E-state index in [1.54, 1.807) is 6.07 Å². The van der Waals surface area contributed by atoms with Crippen LogP contribution in [0.4, 0.5) is 0 Å². The molecule has 3 nitrogen and oxygen atoms in total. The molecule has 1 saturated carbocycles. The van der Waals surface area contributed by atoms with Gasteiger partial charge in [0.2, 0.25) is 5.91 Å². The molecule has 2 N–H and O–H groups in total. The zero-order valence-electron chi connectivity index (χ0n) is 8.82. The fourth-order valence-corrected chi connectivity index (χ4v) is 2.00. The fourth-order valence-electron chi connectivity index (χ4n) is 1.80. The molecule has 1 aromatic carbocycles. The fraction of sp³-hybridized carbons (Fsp3) is 0.417. The second-order valence-electron chi connectivity index (χ2n) is 4.16. The van der Waals surface area contributed by atoms with Crippen molar-refractivity contribution in [1.29, 1.82) is 0 Å². The molecule has 1 fully saturated rings. The minimum Gasteiger partial charge on any atom is -0.393 e. The predicted molar refractivity (Wildman–Crippen MR) is 62.3 cm³/mol. The lowest BCUT2D eigenvalue weighted by atomic mass is 9.89. The number of nitrogens with one attached hydrogen (secondary N) is 1. The first-order valence-electron chi connectivity index (χ1n) is 5.36. The molecule has 1 aliphatic rings. The van der Waals surface area contributed by atoms with Crippen LogP contribution < -0.4 is 5.32 Å². The lowest BCUT2D eigenvalue weighted by Gasteiger charge is -2.31. The van der Waals surface area contributed by atoms with Crippen LogP contribution in [0.2, 0.25) is 5.02 Å². The molecule has 86 valence electrons. The molecule has 0 spiro atoms. The first-order chi connectivity index (χ1) is 7.65. The molecule has 1 amide bonds. The number of benzene rings is 1. The molecule has 4 heteroatoms. The number of aliphatic hydroxyl groups excluding tert-OH is 1. The summed E-state index contributed by atoms with van der Waals surface area (Å²) in [6, 6.07) is 7.45. The van der Waals surface area contributed by atoms with Gasteiger partial charge in [0.25, 0.3) is 0 Å². The molecule has 0 bridgehead atoms. The molecule has 0 atom stereocenters. The van der Waals surface area contributed by atoms with Gasteiger partial charge in [0.05, 0.1) is 12.5 Å². The molecule has 0 aliphatic heterocycles. The molecular weight excluding hydrogens is 226 g/mol. The Morgan fingerprint density at radius 3 is 2.75 bits per heavy atom. The molecule has 0 aromatic heterocycles. The van der Waals surface area contributed by atoms with Gasteiger partial charge in [-0.05, 0) is 24.5 Å². The van der Waals surface area contributed by atoms with Crippen molar-refractivity contribution in [3.63, 3.8) is 0 Å². The first kappa shape index (κ1) is 11.4. The normalized spacial score (nSPS) is 23.6. The Labute approximate surface area is 99.4 Å². The maximum absolute atomic E-state index is 11.6. The second-order valence-corrected chi connectivity index (χ2v) is 4.57. The van der Waals surface area contributed by atoms with Crippen LogP contribution >= 0.6 is 11.6 Å². The number of amides is 1. The number of hydrogen-bond acceptors (Lipinski definition) is 2. The van der Waals surface area contributed by atoms with Gasteiger partial charge >= 0.3 is 0 Å². The summed E-state index contributed by atoms with van der Waals surface area (Å²) in [5, 5.41) is 12.6. The van der Waals surface area contributed by atoms with Gasteiger partial charge in [0.1, 0.15) is 0 Å². The highest BCUT2D eigenvalue weighted by Gasteiger charge is 2.28. The topological polar surface area (TPSA) is 49.3 Å². The van der Waals surface area contributed by atoms with Crippen LogP contribution in [0.3, 0.4) is 0 Å². The van der Waals surface area contributed by atoms with Gasteiger partial charge in [0, 0.05) is 11.1 Å². The molecule has 2 rings (SSSR count). The summed E-state index contributed by atoms with van der Waals surface area (Å²) in [7, 11) is 0. The molecule has 1 aromatic rings. The Morgan fingerprint density at radius 2 is 2.12 bits per heavy atom. The summed E-state index contributed by atoms with van der Waals surface area (Å²) in [5.41, 5.74) is 0.835. The lowest BCUT2D eigenvalue weighted by molar-refractivity contribution is -0.122. The number of rotatable bonds is 3. The second kappa shape index (κ2) is 4.85. The molecule has 0 unspecified atom stereocenters. The average Bonchev–Trinajstić information content (AvgIpc) is 2.19. The third-order valence-corrected chi connectivity index (χ3v) is 3.16. The highest BCUT2D eigenvalue weighted by molar-refractivity contribution is 6.31. The third kappa shape index (κ3) is 2.74. The van der Waals surface area contributed by atoms with Crippen LogP contribution in [0.15, 0.2) is 24.3 Å². The summed E-state index contributed by atoms with van der Waals surface area (Å²) in [4.78, 5) is 11.6. The highest BCUT2D eigenvalue weighted by atomic mass is 35.5. The highest BCUT2D eigenvalue weighted by Crippen LogP contribution is 2.20. The Kier molecular flexibility index (Phi) is 3.46. The summed E-state index contributed by atoms with van der Waals surface area (Å²) in [6.45, 7) is 0. The molecule has 0 saturated heterocycles. The SMILES string of the molecule is O=C(Cc1ccccc1Cl)NC1CC(O)C1. The van der Waals surface area contributed by atoms with E-state index in [0.717, 1.165) is 5.56 Å². The third-order valence-electron chi connectivity index (χ3n) is 2.79.